The van der Waals surface area contributed by atoms with Crippen molar-refractivity contribution >= 4 is 50.6 Å². The smallest absolute Gasteiger partial charge is 0.376 e. The first-order valence-corrected chi connectivity index (χ1v) is 19.2. The highest BCUT2D eigenvalue weighted by atomic mass is 32.1. The maximum absolute atomic E-state index is 14.2. The Morgan fingerprint density at radius 1 is 0.656 bits per heavy atom. The van der Waals surface area contributed by atoms with Gasteiger partial charge in [-0.1, -0.05) is 66.8 Å². The molecule has 312 valence electrons. The van der Waals surface area contributed by atoms with Crippen molar-refractivity contribution in [2.75, 3.05) is 0 Å². The molecule has 2 unspecified atom stereocenters. The number of aliphatic hydroxyl groups is 2. The molecule has 3 heterocycles. The molecule has 0 aliphatic carbocycles. The van der Waals surface area contributed by atoms with Gasteiger partial charge in [0, 0.05) is 71.3 Å². The van der Waals surface area contributed by atoms with E-state index in [1.54, 1.807) is 23.6 Å². The molecule has 6 nitrogen and oxygen atoms in total. The highest BCUT2D eigenvalue weighted by molar-refractivity contribution is 7.08. The summed E-state index contributed by atoms with van der Waals surface area (Å²) in [7, 11) is 0. The molecule has 0 spiro atoms. The van der Waals surface area contributed by atoms with E-state index in [2.05, 4.69) is 16.3 Å². The summed E-state index contributed by atoms with van der Waals surface area (Å²) in [4.78, 5) is 6.68. The van der Waals surface area contributed by atoms with Gasteiger partial charge in [-0.15, -0.1) is 6.58 Å². The molecule has 0 aliphatic heterocycles. The van der Waals surface area contributed by atoms with Gasteiger partial charge in [-0.2, -0.15) is 37.7 Å². The van der Waals surface area contributed by atoms with Crippen LogP contribution in [0.3, 0.4) is 0 Å². The van der Waals surface area contributed by atoms with E-state index in [1.807, 2.05) is 5.38 Å². The van der Waals surface area contributed by atoms with Crippen molar-refractivity contribution in [3.63, 3.8) is 0 Å². The first kappa shape index (κ1) is 44.0. The first-order chi connectivity index (χ1) is 28.9. The standard InChI is InChI=1S/C25H18F4N2OS.C21H16F4N2O/c1-30-20-7-8-21-22(15-31(23(21)13-20)14-18-4-2-6-19(26)12-18)24(32,25(27,28)29)10-3-5-17-9-11-33-16-17;1-3-9-20(28,21(23,24)25)18-13-27(12-14-5-4-6-15(22)10-14)19-11-16(26-2)7-8-17(18)19/h2-9,11-13,15-16,32H,10,14H2;3-8,10-11,13,28H,1,9,12H2/b5-3+;. The molecule has 0 saturated carbocycles. The fourth-order valence-electron chi connectivity index (χ4n) is 6.99. The minimum atomic E-state index is -4.96. The summed E-state index contributed by atoms with van der Waals surface area (Å²) in [6.45, 7) is 17.9. The molecule has 3 aromatic heterocycles. The summed E-state index contributed by atoms with van der Waals surface area (Å²) in [5, 5.41) is 25.5. The Balaban J connectivity index is 0.000000207. The van der Waals surface area contributed by atoms with E-state index in [4.69, 9.17) is 13.1 Å². The van der Waals surface area contributed by atoms with Gasteiger partial charge < -0.3 is 19.3 Å². The Bertz CT molecular complexity index is 2810. The summed E-state index contributed by atoms with van der Waals surface area (Å²) >= 11 is 1.42. The van der Waals surface area contributed by atoms with Crippen molar-refractivity contribution in [3.05, 3.63) is 195 Å². The van der Waals surface area contributed by atoms with Gasteiger partial charge in [0.05, 0.1) is 13.1 Å². The Kier molecular flexibility index (Phi) is 12.7. The zero-order valence-electron chi connectivity index (χ0n) is 31.9. The fraction of sp³-hybridized carbons (Fsp3) is 0.174. The third kappa shape index (κ3) is 9.30. The van der Waals surface area contributed by atoms with Crippen LogP contribution in [0, 0.1) is 24.8 Å². The number of thiophene rings is 1. The molecule has 2 N–H and O–H groups in total. The molecule has 0 aliphatic rings. The third-order valence-corrected chi connectivity index (χ3v) is 10.7. The largest absolute Gasteiger partial charge is 0.421 e. The van der Waals surface area contributed by atoms with E-state index in [0.29, 0.717) is 22.2 Å². The number of rotatable bonds is 11. The Hall–Kier alpha value is -6.52. The molecule has 15 heteroatoms. The van der Waals surface area contributed by atoms with Gasteiger partial charge in [-0.3, -0.25) is 0 Å². The van der Waals surface area contributed by atoms with Crippen LogP contribution in [0.5, 0.6) is 0 Å². The molecule has 0 fully saturated rings. The van der Waals surface area contributed by atoms with E-state index < -0.39 is 48.0 Å². The van der Waals surface area contributed by atoms with Crippen LogP contribution in [0.2, 0.25) is 0 Å². The van der Waals surface area contributed by atoms with Gasteiger partial charge in [0.15, 0.2) is 22.6 Å². The highest BCUT2D eigenvalue weighted by Gasteiger charge is 2.56. The second kappa shape index (κ2) is 17.6. The summed E-state index contributed by atoms with van der Waals surface area (Å²) < 4.78 is 114. The van der Waals surface area contributed by atoms with Gasteiger partial charge in [0.1, 0.15) is 11.6 Å². The number of nitrogens with zero attached hydrogens (tertiary/aromatic N) is 4. The van der Waals surface area contributed by atoms with Crippen LogP contribution in [0.15, 0.2) is 133 Å². The second-order valence-electron chi connectivity index (χ2n) is 14.1. The average molecular weight is 859 g/mol. The molecule has 7 aromatic rings. The summed E-state index contributed by atoms with van der Waals surface area (Å²) in [5.41, 5.74) is -3.89. The van der Waals surface area contributed by atoms with Crippen molar-refractivity contribution in [1.29, 1.82) is 0 Å². The molecule has 0 amide bonds. The first-order valence-electron chi connectivity index (χ1n) is 18.3. The SMILES string of the molecule is [C-]#[N+]c1ccc2c(C(O)(C/C=C/c3ccsc3)C(F)(F)F)cn(Cc3cccc(F)c3)c2c1.[C-]#[N+]c1ccc2c(C(O)(CC=C)C(F)(F)F)cn(Cc3cccc(F)c3)c2c1. The van der Waals surface area contributed by atoms with Crippen LogP contribution in [-0.2, 0) is 24.3 Å². The molecular weight excluding hydrogens is 825 g/mol. The van der Waals surface area contributed by atoms with Crippen LogP contribution < -0.4 is 0 Å². The molecule has 2 atom stereocenters. The zero-order valence-corrected chi connectivity index (χ0v) is 32.7. The minimum Gasteiger partial charge on any atom is -0.376 e. The van der Waals surface area contributed by atoms with E-state index in [0.717, 1.165) is 11.6 Å². The number of alkyl halides is 6. The number of aromatic nitrogens is 2. The summed E-state index contributed by atoms with van der Waals surface area (Å²) in [6, 6.07) is 21.8. The van der Waals surface area contributed by atoms with Crippen LogP contribution in [0.1, 0.15) is 40.7 Å². The maximum atomic E-state index is 14.2. The second-order valence-corrected chi connectivity index (χ2v) is 14.9. The van der Waals surface area contributed by atoms with Gasteiger partial charge in [0.2, 0.25) is 0 Å². The Morgan fingerprint density at radius 2 is 1.13 bits per heavy atom. The molecule has 4 aromatic carbocycles. The lowest BCUT2D eigenvalue weighted by Crippen LogP contribution is -2.41. The van der Waals surface area contributed by atoms with E-state index in [1.165, 1.54) is 118 Å². The van der Waals surface area contributed by atoms with Crippen molar-refractivity contribution in [2.24, 2.45) is 0 Å². The molecular formula is C46H34F8N4O2S. The van der Waals surface area contributed by atoms with Gasteiger partial charge in [-0.05, 0) is 69.9 Å². The Labute approximate surface area is 348 Å². The topological polar surface area (TPSA) is 59.0 Å². The number of benzene rings is 4. The molecule has 0 bridgehead atoms. The number of fused-ring (bicyclic) bond motifs is 2. The normalized spacial score (nSPS) is 13.9. The van der Waals surface area contributed by atoms with Crippen LogP contribution in [0.25, 0.3) is 37.6 Å². The van der Waals surface area contributed by atoms with Gasteiger partial charge >= 0.3 is 12.4 Å². The molecule has 7 rings (SSSR count). The fourth-order valence-corrected chi connectivity index (χ4v) is 7.61. The maximum Gasteiger partial charge on any atom is 0.421 e. The van der Waals surface area contributed by atoms with Crippen LogP contribution >= 0.6 is 11.3 Å². The molecule has 61 heavy (non-hydrogen) atoms. The highest BCUT2D eigenvalue weighted by Crippen LogP contribution is 2.47. The van der Waals surface area contributed by atoms with Gasteiger partial charge in [-0.25, -0.2) is 18.5 Å². The average Bonchev–Trinajstić information content (AvgIpc) is 3.95. The van der Waals surface area contributed by atoms with E-state index in [-0.39, 0.29) is 46.4 Å². The van der Waals surface area contributed by atoms with Crippen LogP contribution in [0.4, 0.5) is 46.5 Å². The van der Waals surface area contributed by atoms with E-state index in [9.17, 15) is 45.3 Å². The molecule has 0 saturated heterocycles. The van der Waals surface area contributed by atoms with E-state index >= 15 is 0 Å². The quantitative estimate of drug-likeness (QED) is 0.0773. The summed E-state index contributed by atoms with van der Waals surface area (Å²) in [5.74, 6) is -0.925. The number of halogens is 8. The summed E-state index contributed by atoms with van der Waals surface area (Å²) in [6.07, 6.45) is -4.99. The molecule has 0 radical (unpaired) electrons. The lowest BCUT2D eigenvalue weighted by molar-refractivity contribution is -0.265. The van der Waals surface area contributed by atoms with Crippen molar-refractivity contribution in [3.8, 4) is 0 Å². The van der Waals surface area contributed by atoms with Gasteiger partial charge in [0.25, 0.3) is 0 Å². The Morgan fingerprint density at radius 3 is 1.52 bits per heavy atom. The minimum absolute atomic E-state index is 0.0778. The number of hydrogen-bond acceptors (Lipinski definition) is 3. The predicted octanol–water partition coefficient (Wildman–Crippen LogP) is 13.0. The van der Waals surface area contributed by atoms with Crippen LogP contribution in [-0.4, -0.2) is 31.7 Å². The number of hydrogen-bond donors (Lipinski definition) is 2. The zero-order chi connectivity index (χ0) is 44.2. The lowest BCUT2D eigenvalue weighted by atomic mass is 9.89. The van der Waals surface area contributed by atoms with Crippen molar-refractivity contribution in [1.82, 2.24) is 9.13 Å². The lowest BCUT2D eigenvalue weighted by Gasteiger charge is -2.29. The van der Waals surface area contributed by atoms with Crippen molar-refractivity contribution in [2.45, 2.75) is 49.5 Å². The third-order valence-electron chi connectivity index (χ3n) is 10.0. The van der Waals surface area contributed by atoms with Crippen molar-refractivity contribution < 1.29 is 45.3 Å². The predicted molar refractivity (Wildman–Crippen MR) is 220 cm³/mol. The monoisotopic (exact) mass is 858 g/mol.